The van der Waals surface area contributed by atoms with Gasteiger partial charge in [0.2, 0.25) is 5.76 Å². The van der Waals surface area contributed by atoms with Gasteiger partial charge in [0.25, 0.3) is 0 Å². The summed E-state index contributed by atoms with van der Waals surface area (Å²) in [4.78, 5) is 11.8. The molecule has 0 N–H and O–H groups in total. The fourth-order valence-electron chi connectivity index (χ4n) is 2.99. The number of para-hydroxylation sites is 1. The highest BCUT2D eigenvalue weighted by atomic mass is 32.2. The van der Waals surface area contributed by atoms with Gasteiger partial charge in [0, 0.05) is 23.4 Å². The highest BCUT2D eigenvalue weighted by Gasteiger charge is 2.19. The summed E-state index contributed by atoms with van der Waals surface area (Å²) in [5.41, 5.74) is 2.91. The van der Waals surface area contributed by atoms with Crippen molar-refractivity contribution in [2.24, 2.45) is 0 Å². The molecule has 0 aliphatic heterocycles. The number of carbonyl (C=O) groups is 1. The maximum absolute atomic E-state index is 11.8. The SMILES string of the molecule is COC(=O)c1occc1CSc1nnc(Cc2ccccc2)n1-c1ccccc1. The Labute approximate surface area is 172 Å². The van der Waals surface area contributed by atoms with E-state index < -0.39 is 5.97 Å². The molecule has 146 valence electrons. The van der Waals surface area contributed by atoms with E-state index in [4.69, 9.17) is 9.15 Å². The van der Waals surface area contributed by atoms with Crippen LogP contribution in [-0.4, -0.2) is 27.8 Å². The minimum absolute atomic E-state index is 0.218. The van der Waals surface area contributed by atoms with E-state index in [0.717, 1.165) is 27.8 Å². The molecule has 2 aromatic heterocycles. The molecule has 2 aromatic carbocycles. The molecule has 0 unspecified atom stereocenters. The monoisotopic (exact) mass is 405 g/mol. The summed E-state index contributed by atoms with van der Waals surface area (Å²) in [6.45, 7) is 0. The smallest absolute Gasteiger partial charge is 0.374 e. The summed E-state index contributed by atoms with van der Waals surface area (Å²) in [7, 11) is 1.34. The first-order valence-electron chi connectivity index (χ1n) is 9.07. The Bertz CT molecular complexity index is 1090. The number of furan rings is 1. The van der Waals surface area contributed by atoms with Crippen molar-refractivity contribution in [3.05, 3.63) is 95.7 Å². The summed E-state index contributed by atoms with van der Waals surface area (Å²) in [6, 6.07) is 22.0. The predicted molar refractivity (Wildman–Crippen MR) is 110 cm³/mol. The zero-order valence-electron chi connectivity index (χ0n) is 15.8. The van der Waals surface area contributed by atoms with Crippen LogP contribution in [0.4, 0.5) is 0 Å². The molecule has 0 aliphatic rings. The molecule has 0 saturated carbocycles. The van der Waals surface area contributed by atoms with E-state index in [1.807, 2.05) is 48.5 Å². The van der Waals surface area contributed by atoms with E-state index in [0.29, 0.717) is 12.2 Å². The summed E-state index contributed by atoms with van der Waals surface area (Å²) in [6.07, 6.45) is 2.16. The van der Waals surface area contributed by atoms with Gasteiger partial charge in [-0.2, -0.15) is 0 Å². The third-order valence-electron chi connectivity index (χ3n) is 4.39. The molecule has 29 heavy (non-hydrogen) atoms. The first kappa shape index (κ1) is 19.0. The molecule has 0 atom stereocenters. The van der Waals surface area contributed by atoms with Crippen LogP contribution < -0.4 is 0 Å². The van der Waals surface area contributed by atoms with E-state index in [1.54, 1.807) is 6.07 Å². The predicted octanol–water partition coefficient (Wildman–Crippen LogP) is 4.53. The molecule has 0 amide bonds. The Morgan fingerprint density at radius 3 is 2.48 bits per heavy atom. The average Bonchev–Trinajstić information content (AvgIpc) is 3.40. The van der Waals surface area contributed by atoms with Crippen LogP contribution in [0.25, 0.3) is 5.69 Å². The molecular weight excluding hydrogens is 386 g/mol. The molecule has 6 nitrogen and oxygen atoms in total. The number of hydrogen-bond donors (Lipinski definition) is 0. The number of aromatic nitrogens is 3. The molecule has 4 aromatic rings. The fraction of sp³-hybridized carbons (Fsp3) is 0.136. The van der Waals surface area contributed by atoms with Crippen molar-refractivity contribution in [2.45, 2.75) is 17.3 Å². The number of hydrogen-bond acceptors (Lipinski definition) is 6. The number of carbonyl (C=O) groups excluding carboxylic acids is 1. The summed E-state index contributed by atoms with van der Waals surface area (Å²) < 4.78 is 12.1. The van der Waals surface area contributed by atoms with Gasteiger partial charge in [-0.25, -0.2) is 4.79 Å². The van der Waals surface area contributed by atoms with Gasteiger partial charge in [-0.1, -0.05) is 60.3 Å². The van der Waals surface area contributed by atoms with Gasteiger partial charge in [0.05, 0.1) is 13.4 Å². The Kier molecular flexibility index (Phi) is 5.76. The standard InChI is InChI=1S/C22H19N3O3S/c1-27-21(26)20-17(12-13-28-20)15-29-22-24-23-19(14-16-8-4-2-5-9-16)25(22)18-10-6-3-7-11-18/h2-13H,14-15H2,1H3. The molecule has 0 spiro atoms. The van der Waals surface area contributed by atoms with E-state index in [2.05, 4.69) is 26.9 Å². The van der Waals surface area contributed by atoms with Crippen molar-refractivity contribution in [1.82, 2.24) is 14.8 Å². The normalized spacial score (nSPS) is 10.8. The van der Waals surface area contributed by atoms with Crippen molar-refractivity contribution < 1.29 is 13.9 Å². The van der Waals surface area contributed by atoms with Crippen molar-refractivity contribution in [3.8, 4) is 5.69 Å². The van der Waals surface area contributed by atoms with Gasteiger partial charge in [0.15, 0.2) is 5.16 Å². The highest BCUT2D eigenvalue weighted by molar-refractivity contribution is 7.98. The number of benzene rings is 2. The van der Waals surface area contributed by atoms with Crippen molar-refractivity contribution >= 4 is 17.7 Å². The lowest BCUT2D eigenvalue weighted by molar-refractivity contribution is 0.0564. The van der Waals surface area contributed by atoms with Gasteiger partial charge >= 0.3 is 5.97 Å². The highest BCUT2D eigenvalue weighted by Crippen LogP contribution is 2.28. The Morgan fingerprint density at radius 2 is 1.76 bits per heavy atom. The second-order valence-corrected chi connectivity index (χ2v) is 7.23. The Morgan fingerprint density at radius 1 is 1.03 bits per heavy atom. The Balaban J connectivity index is 1.63. The minimum atomic E-state index is -0.486. The molecule has 0 bridgehead atoms. The van der Waals surface area contributed by atoms with Crippen molar-refractivity contribution in [3.63, 3.8) is 0 Å². The Hall–Kier alpha value is -3.32. The second-order valence-electron chi connectivity index (χ2n) is 6.29. The fourth-order valence-corrected chi connectivity index (χ4v) is 3.94. The lowest BCUT2D eigenvalue weighted by Crippen LogP contribution is -2.04. The van der Waals surface area contributed by atoms with Crippen LogP contribution in [0.3, 0.4) is 0 Å². The van der Waals surface area contributed by atoms with Crippen LogP contribution in [0.15, 0.2) is 82.6 Å². The zero-order chi connectivity index (χ0) is 20.1. The lowest BCUT2D eigenvalue weighted by Gasteiger charge is -2.10. The molecule has 7 heteroatoms. The van der Waals surface area contributed by atoms with E-state index in [1.165, 1.54) is 25.1 Å². The van der Waals surface area contributed by atoms with Gasteiger partial charge in [-0.15, -0.1) is 10.2 Å². The number of methoxy groups -OCH3 is 1. The summed E-state index contributed by atoms with van der Waals surface area (Å²) >= 11 is 1.49. The number of rotatable bonds is 7. The number of esters is 1. The molecule has 4 rings (SSSR count). The van der Waals surface area contributed by atoms with Crippen LogP contribution in [0.5, 0.6) is 0 Å². The summed E-state index contributed by atoms with van der Waals surface area (Å²) in [5, 5.41) is 9.60. The maximum atomic E-state index is 11.8. The van der Waals surface area contributed by atoms with Crippen molar-refractivity contribution in [2.75, 3.05) is 7.11 Å². The van der Waals surface area contributed by atoms with E-state index in [9.17, 15) is 4.79 Å². The van der Waals surface area contributed by atoms with Crippen LogP contribution in [-0.2, 0) is 16.9 Å². The number of ether oxygens (including phenoxy) is 1. The summed E-state index contributed by atoms with van der Waals surface area (Å²) in [5.74, 6) is 1.09. The van der Waals surface area contributed by atoms with Crippen LogP contribution in [0, 0.1) is 0 Å². The van der Waals surface area contributed by atoms with Crippen LogP contribution in [0.2, 0.25) is 0 Å². The maximum Gasteiger partial charge on any atom is 0.374 e. The second kappa shape index (κ2) is 8.79. The quantitative estimate of drug-likeness (QED) is 0.332. The third-order valence-corrected chi connectivity index (χ3v) is 5.37. The van der Waals surface area contributed by atoms with Gasteiger partial charge in [-0.3, -0.25) is 4.57 Å². The van der Waals surface area contributed by atoms with E-state index in [-0.39, 0.29) is 5.76 Å². The van der Waals surface area contributed by atoms with Gasteiger partial charge in [0.1, 0.15) is 5.82 Å². The molecule has 2 heterocycles. The average molecular weight is 405 g/mol. The van der Waals surface area contributed by atoms with Crippen LogP contribution >= 0.6 is 11.8 Å². The minimum Gasteiger partial charge on any atom is -0.463 e. The first-order chi connectivity index (χ1) is 14.3. The number of nitrogens with zero attached hydrogens (tertiary/aromatic N) is 3. The molecule has 0 fully saturated rings. The van der Waals surface area contributed by atoms with Crippen molar-refractivity contribution in [1.29, 1.82) is 0 Å². The molecule has 0 radical (unpaired) electrons. The van der Waals surface area contributed by atoms with Crippen LogP contribution in [0.1, 0.15) is 27.5 Å². The molecule has 0 aliphatic carbocycles. The number of thioether (sulfide) groups is 1. The topological polar surface area (TPSA) is 70.2 Å². The first-order valence-corrected chi connectivity index (χ1v) is 10.1. The zero-order valence-corrected chi connectivity index (χ0v) is 16.6. The van der Waals surface area contributed by atoms with Gasteiger partial charge in [-0.05, 0) is 23.8 Å². The largest absolute Gasteiger partial charge is 0.463 e. The third kappa shape index (κ3) is 4.25. The van der Waals surface area contributed by atoms with E-state index >= 15 is 0 Å². The molecular formula is C22H19N3O3S. The molecule has 0 saturated heterocycles. The lowest BCUT2D eigenvalue weighted by atomic mass is 10.1. The van der Waals surface area contributed by atoms with Gasteiger partial charge < -0.3 is 9.15 Å².